The maximum Gasteiger partial charge on any atom is 0.330 e. The molecule has 4 N–H and O–H groups in total. The topological polar surface area (TPSA) is 177 Å². The molecule has 1 aliphatic heterocycles. The number of ether oxygens (including phenoxy) is 2. The first-order valence-corrected chi connectivity index (χ1v) is 17.0. The van der Waals surface area contributed by atoms with Crippen LogP contribution >= 0.6 is 0 Å². The first-order valence-electron chi connectivity index (χ1n) is 17.0. The number of aromatic hydroxyl groups is 2. The van der Waals surface area contributed by atoms with E-state index in [0.29, 0.717) is 34.8 Å². The zero-order chi connectivity index (χ0) is 36.9. The summed E-state index contributed by atoms with van der Waals surface area (Å²) in [7, 11) is 1.58. The monoisotopic (exact) mass is 708 g/mol. The Morgan fingerprint density at radius 3 is 2.49 bits per heavy atom. The molecule has 13 nitrogen and oxygen atoms in total. The second kappa shape index (κ2) is 11.3. The minimum absolute atomic E-state index is 0.0452. The van der Waals surface area contributed by atoms with Crippen LogP contribution in [0.3, 0.4) is 0 Å². The van der Waals surface area contributed by atoms with E-state index in [1.807, 2.05) is 42.6 Å². The van der Waals surface area contributed by atoms with Crippen molar-refractivity contribution in [3.05, 3.63) is 127 Å². The smallest absolute Gasteiger partial charge is 0.330 e. The van der Waals surface area contributed by atoms with E-state index in [2.05, 4.69) is 15.1 Å². The van der Waals surface area contributed by atoms with Gasteiger partial charge in [-0.15, -0.1) is 0 Å². The van der Waals surface area contributed by atoms with Crippen molar-refractivity contribution in [3.8, 4) is 39.9 Å². The Labute approximate surface area is 300 Å². The van der Waals surface area contributed by atoms with E-state index in [1.54, 1.807) is 49.9 Å². The maximum atomic E-state index is 14.6. The fraction of sp³-hybridized carbons (Fsp3) is 0.175. The number of phenols is 2. The number of aromatic amines is 2. The number of nitrogens with one attached hydrogen (secondary N) is 2. The van der Waals surface area contributed by atoms with Crippen LogP contribution in [0, 0.1) is 13.8 Å². The fourth-order valence-corrected chi connectivity index (χ4v) is 7.70. The second-order valence-electron chi connectivity index (χ2n) is 13.5. The largest absolute Gasteiger partial charge is 0.507 e. The molecule has 0 radical (unpaired) electrons. The highest BCUT2D eigenvalue weighted by Gasteiger charge is 2.55. The summed E-state index contributed by atoms with van der Waals surface area (Å²) in [6.45, 7) is 5.16. The van der Waals surface area contributed by atoms with Crippen molar-refractivity contribution in [2.75, 3.05) is 7.11 Å². The number of benzene rings is 3. The molecule has 0 amide bonds. The number of pyridine rings is 1. The van der Waals surface area contributed by atoms with Crippen LogP contribution in [-0.2, 0) is 18.4 Å². The Kier molecular flexibility index (Phi) is 6.84. The van der Waals surface area contributed by atoms with Crippen molar-refractivity contribution in [1.29, 1.82) is 0 Å². The third-order valence-electron chi connectivity index (χ3n) is 10.6. The van der Waals surface area contributed by atoms with Crippen LogP contribution in [0.25, 0.3) is 45.0 Å². The van der Waals surface area contributed by atoms with E-state index in [-0.39, 0.29) is 68.8 Å². The van der Waals surface area contributed by atoms with E-state index in [1.165, 1.54) is 17.6 Å². The van der Waals surface area contributed by atoms with Gasteiger partial charge in [-0.25, -0.2) is 14.5 Å². The van der Waals surface area contributed by atoms with Crippen molar-refractivity contribution in [2.45, 2.75) is 39.2 Å². The van der Waals surface area contributed by atoms with Gasteiger partial charge in [-0.05, 0) is 75.2 Å². The Morgan fingerprint density at radius 2 is 1.72 bits per heavy atom. The molecule has 1 aliphatic carbocycles. The number of phenolic OH excluding ortho intramolecular Hbond substituents is 2. The van der Waals surface area contributed by atoms with Crippen LogP contribution < -0.4 is 20.7 Å². The van der Waals surface area contributed by atoms with Gasteiger partial charge in [-0.3, -0.25) is 19.1 Å². The lowest BCUT2D eigenvalue weighted by Gasteiger charge is -2.27. The van der Waals surface area contributed by atoms with E-state index in [0.717, 1.165) is 16.5 Å². The van der Waals surface area contributed by atoms with Gasteiger partial charge in [0.05, 0.1) is 52.0 Å². The molecule has 9 rings (SSSR count). The number of H-pyrrole nitrogens is 2. The maximum absolute atomic E-state index is 14.6. The fourth-order valence-electron chi connectivity index (χ4n) is 7.70. The van der Waals surface area contributed by atoms with Gasteiger partial charge in [0.25, 0.3) is 5.56 Å². The number of aromatic nitrogens is 6. The number of nitrogens with zero attached hydrogens (tertiary/aromatic N) is 4. The van der Waals surface area contributed by atoms with Gasteiger partial charge in [0, 0.05) is 35.3 Å². The van der Waals surface area contributed by atoms with Crippen molar-refractivity contribution in [1.82, 2.24) is 29.3 Å². The van der Waals surface area contributed by atoms with Gasteiger partial charge in [0.2, 0.25) is 0 Å². The number of ketones is 1. The molecule has 0 saturated carbocycles. The third-order valence-corrected chi connectivity index (χ3v) is 10.6. The molecule has 0 bridgehead atoms. The molecule has 0 saturated heterocycles. The summed E-state index contributed by atoms with van der Waals surface area (Å²) < 4.78 is 14.8. The summed E-state index contributed by atoms with van der Waals surface area (Å²) in [5, 5.41) is 29.1. The normalized spacial score (nSPS) is 16.0. The van der Waals surface area contributed by atoms with Gasteiger partial charge in [0.1, 0.15) is 39.8 Å². The van der Waals surface area contributed by atoms with Gasteiger partial charge in [0.15, 0.2) is 5.78 Å². The predicted octanol–water partition coefficient (Wildman–Crippen LogP) is 5.59. The number of hydrogen-bond donors (Lipinski definition) is 4. The molecule has 0 unspecified atom stereocenters. The number of aryl methyl sites for hydroxylation is 3. The highest BCUT2D eigenvalue weighted by Crippen LogP contribution is 2.60. The summed E-state index contributed by atoms with van der Waals surface area (Å²) >= 11 is 0. The minimum atomic E-state index is -1.48. The quantitative estimate of drug-likeness (QED) is 0.172. The zero-order valence-electron chi connectivity index (χ0n) is 29.1. The first-order chi connectivity index (χ1) is 25.5. The molecule has 264 valence electrons. The van der Waals surface area contributed by atoms with E-state index in [4.69, 9.17) is 14.5 Å². The number of Topliss-reactive ketones (excluding diaryl/α,β-unsaturated/α-hetero) is 1. The van der Waals surface area contributed by atoms with Crippen LogP contribution in [0.2, 0.25) is 0 Å². The number of carbonyl (C=O) groups excluding carboxylic acids is 1. The summed E-state index contributed by atoms with van der Waals surface area (Å²) in [4.78, 5) is 51.4. The third kappa shape index (κ3) is 4.46. The van der Waals surface area contributed by atoms with Crippen molar-refractivity contribution in [3.63, 3.8) is 0 Å². The van der Waals surface area contributed by atoms with Crippen molar-refractivity contribution in [2.24, 2.45) is 0 Å². The molecule has 5 heterocycles. The molecule has 53 heavy (non-hydrogen) atoms. The lowest BCUT2D eigenvalue weighted by molar-refractivity contribution is 0.0905. The summed E-state index contributed by atoms with van der Waals surface area (Å²) in [6.07, 6.45) is 4.08. The van der Waals surface area contributed by atoms with E-state index >= 15 is 0 Å². The molecule has 4 aromatic heterocycles. The molecular weight excluding hydrogens is 676 g/mol. The van der Waals surface area contributed by atoms with E-state index in [9.17, 15) is 24.6 Å². The van der Waals surface area contributed by atoms with Gasteiger partial charge in [-0.1, -0.05) is 18.2 Å². The number of para-hydroxylation sites is 1. The SMILES string of the molecule is COc1ccc(-n2nc(C)c3c2C=C2Oc4c(-c5ccc6c(=O)[nH]c(=O)n(CCc7c[nH]c8ccccc78)c6n5)c(O)c(C)c(O)c4[C@@]2(C)C3=O)cc1. The number of rotatable bonds is 6. The van der Waals surface area contributed by atoms with Crippen LogP contribution in [0.4, 0.5) is 0 Å². The number of fused-ring (bicyclic) bond motifs is 6. The van der Waals surface area contributed by atoms with Gasteiger partial charge >= 0.3 is 5.69 Å². The zero-order valence-corrected chi connectivity index (χ0v) is 29.1. The minimum Gasteiger partial charge on any atom is -0.507 e. The standard InChI is InChI=1S/C40H32N6O7/c1-19-33(47)31(27-14-13-25-37(42-27)45(39(51)43-38(25)50)16-15-21-18-41-26-8-6-5-7-24(21)26)35-32(34(19)48)40(3)29(53-35)17-28-30(36(40)49)20(2)44-46(28)22-9-11-23(52-4)12-10-22/h5-14,17-18,41,47-48H,15-16H2,1-4H3,(H,43,50,51)/t40-/m0/s1. The highest BCUT2D eigenvalue weighted by molar-refractivity contribution is 6.14. The number of carbonyl (C=O) groups is 1. The molecule has 0 fully saturated rings. The number of allylic oxidation sites excluding steroid dienone is 1. The Bertz CT molecular complexity index is 2880. The highest BCUT2D eigenvalue weighted by atomic mass is 16.5. The lowest BCUT2D eigenvalue weighted by atomic mass is 9.71. The van der Waals surface area contributed by atoms with Gasteiger partial charge in [-0.2, -0.15) is 5.10 Å². The Morgan fingerprint density at radius 1 is 0.943 bits per heavy atom. The number of hydrogen-bond acceptors (Lipinski definition) is 9. The Balaban J connectivity index is 1.19. The van der Waals surface area contributed by atoms with Crippen LogP contribution in [-0.4, -0.2) is 52.4 Å². The van der Waals surface area contributed by atoms with Crippen LogP contribution in [0.1, 0.15) is 45.4 Å². The lowest BCUT2D eigenvalue weighted by Crippen LogP contribution is -2.36. The molecule has 13 heteroatoms. The van der Waals surface area contributed by atoms with Crippen molar-refractivity contribution >= 4 is 33.8 Å². The predicted molar refractivity (Wildman–Crippen MR) is 197 cm³/mol. The van der Waals surface area contributed by atoms with Crippen LogP contribution in [0.5, 0.6) is 23.0 Å². The molecule has 3 aromatic carbocycles. The second-order valence-corrected chi connectivity index (χ2v) is 13.5. The summed E-state index contributed by atoms with van der Waals surface area (Å²) in [6, 6.07) is 18.2. The average molecular weight is 709 g/mol. The van der Waals surface area contributed by atoms with Crippen LogP contribution in [0.15, 0.2) is 82.2 Å². The first kappa shape index (κ1) is 32.0. The molecule has 1 atom stereocenters. The molecule has 0 spiro atoms. The summed E-state index contributed by atoms with van der Waals surface area (Å²) in [5.41, 5.74) is 1.97. The van der Waals surface area contributed by atoms with Crippen molar-refractivity contribution < 1.29 is 24.5 Å². The van der Waals surface area contributed by atoms with Gasteiger partial charge < -0.3 is 24.7 Å². The Hall–Kier alpha value is -6.89. The van der Waals surface area contributed by atoms with E-state index < -0.39 is 16.7 Å². The number of methoxy groups -OCH3 is 1. The molecular formula is C40H32N6O7. The average Bonchev–Trinajstić information content (AvgIpc) is 3.82. The molecule has 7 aromatic rings. The molecule has 2 aliphatic rings. The summed E-state index contributed by atoms with van der Waals surface area (Å²) in [5.74, 6) is -0.00936.